The molecule has 1 saturated heterocycles. The number of likely N-dealkylation sites (tertiary alicyclic amines) is 1. The van der Waals surface area contributed by atoms with Crippen LogP contribution in [-0.4, -0.2) is 30.5 Å². The number of carbonyl (C=O) groups excluding carboxylic acids is 1. The fourth-order valence-corrected chi connectivity index (χ4v) is 4.89. The molecule has 2 saturated carbocycles. The molecule has 0 N–H and O–H groups in total. The highest BCUT2D eigenvalue weighted by molar-refractivity contribution is 5.80. The standard InChI is InChI=1S/C20H26FNO2/c1-13-16(14-3-4-18(24-2)17(21)11-14)6-10-22(13)19(23)15-5-7-20(12-15)8-9-20/h3-4,11,13,15-16H,5-10,12H2,1-2H3. The first kappa shape index (κ1) is 15.9. The van der Waals surface area contributed by atoms with E-state index in [0.717, 1.165) is 31.4 Å². The average molecular weight is 331 g/mol. The lowest BCUT2D eigenvalue weighted by Gasteiger charge is -2.28. The van der Waals surface area contributed by atoms with Gasteiger partial charge in [0.05, 0.1) is 7.11 Å². The predicted octanol–water partition coefficient (Wildman–Crippen LogP) is 4.12. The zero-order valence-electron chi connectivity index (χ0n) is 14.6. The van der Waals surface area contributed by atoms with E-state index in [1.165, 1.54) is 26.4 Å². The van der Waals surface area contributed by atoms with Crippen LogP contribution in [0.15, 0.2) is 18.2 Å². The zero-order chi connectivity index (χ0) is 16.9. The number of amides is 1. The van der Waals surface area contributed by atoms with Crippen molar-refractivity contribution < 1.29 is 13.9 Å². The van der Waals surface area contributed by atoms with Gasteiger partial charge in [0.1, 0.15) is 0 Å². The van der Waals surface area contributed by atoms with Crippen molar-refractivity contribution >= 4 is 5.91 Å². The molecule has 1 aromatic carbocycles. The van der Waals surface area contributed by atoms with Crippen LogP contribution in [-0.2, 0) is 4.79 Å². The number of halogens is 1. The highest BCUT2D eigenvalue weighted by Crippen LogP contribution is 2.60. The topological polar surface area (TPSA) is 29.5 Å². The van der Waals surface area contributed by atoms with E-state index in [4.69, 9.17) is 4.74 Å². The molecular formula is C20H26FNO2. The number of nitrogens with zero attached hydrogens (tertiary/aromatic N) is 1. The fourth-order valence-electron chi connectivity index (χ4n) is 4.89. The molecule has 0 aromatic heterocycles. The highest BCUT2D eigenvalue weighted by Gasteiger charge is 2.51. The second kappa shape index (κ2) is 5.75. The largest absolute Gasteiger partial charge is 0.494 e. The number of carbonyl (C=O) groups is 1. The van der Waals surface area contributed by atoms with Crippen LogP contribution >= 0.6 is 0 Å². The summed E-state index contributed by atoms with van der Waals surface area (Å²) in [5, 5.41) is 0. The van der Waals surface area contributed by atoms with Gasteiger partial charge in [-0.15, -0.1) is 0 Å². The molecule has 4 heteroatoms. The Labute approximate surface area is 143 Å². The molecule has 3 unspecified atom stereocenters. The van der Waals surface area contributed by atoms with Crippen molar-refractivity contribution in [1.29, 1.82) is 0 Å². The summed E-state index contributed by atoms with van der Waals surface area (Å²) in [5.74, 6) is 0.728. The lowest BCUT2D eigenvalue weighted by atomic mass is 9.92. The normalized spacial score (nSPS) is 30.8. The third-order valence-electron chi connectivity index (χ3n) is 6.65. The van der Waals surface area contributed by atoms with Crippen LogP contribution < -0.4 is 4.74 Å². The maximum Gasteiger partial charge on any atom is 0.225 e. The number of benzene rings is 1. The Morgan fingerprint density at radius 3 is 2.71 bits per heavy atom. The molecule has 3 atom stereocenters. The Morgan fingerprint density at radius 1 is 1.29 bits per heavy atom. The Morgan fingerprint density at radius 2 is 2.08 bits per heavy atom. The lowest BCUT2D eigenvalue weighted by molar-refractivity contribution is -0.136. The monoisotopic (exact) mass is 331 g/mol. The smallest absolute Gasteiger partial charge is 0.225 e. The molecule has 1 heterocycles. The van der Waals surface area contributed by atoms with Gasteiger partial charge < -0.3 is 9.64 Å². The van der Waals surface area contributed by atoms with E-state index in [2.05, 4.69) is 11.8 Å². The fraction of sp³-hybridized carbons (Fsp3) is 0.650. The Bertz CT molecular complexity index is 655. The van der Waals surface area contributed by atoms with Crippen molar-refractivity contribution in [3.05, 3.63) is 29.6 Å². The molecule has 1 aromatic rings. The van der Waals surface area contributed by atoms with Crippen LogP contribution in [0.2, 0.25) is 0 Å². The molecule has 3 fully saturated rings. The van der Waals surface area contributed by atoms with E-state index >= 15 is 0 Å². The number of rotatable bonds is 3. The lowest BCUT2D eigenvalue weighted by Crippen LogP contribution is -2.39. The second-order valence-electron chi connectivity index (χ2n) is 8.00. The van der Waals surface area contributed by atoms with Crippen LogP contribution in [0.5, 0.6) is 5.75 Å². The number of ether oxygens (including phenoxy) is 1. The Balaban J connectivity index is 1.46. The van der Waals surface area contributed by atoms with Crippen molar-refractivity contribution in [3.8, 4) is 5.75 Å². The molecule has 130 valence electrons. The van der Waals surface area contributed by atoms with Crippen LogP contribution in [0.4, 0.5) is 4.39 Å². The molecule has 3 nitrogen and oxygen atoms in total. The number of hydrogen-bond acceptors (Lipinski definition) is 2. The molecule has 2 aliphatic carbocycles. The molecular weight excluding hydrogens is 305 g/mol. The van der Waals surface area contributed by atoms with Gasteiger partial charge in [-0.3, -0.25) is 4.79 Å². The average Bonchev–Trinajstić information content (AvgIpc) is 3.02. The summed E-state index contributed by atoms with van der Waals surface area (Å²) in [7, 11) is 1.48. The zero-order valence-corrected chi connectivity index (χ0v) is 14.6. The highest BCUT2D eigenvalue weighted by atomic mass is 19.1. The third kappa shape index (κ3) is 2.60. The van der Waals surface area contributed by atoms with Crippen molar-refractivity contribution in [2.24, 2.45) is 11.3 Å². The molecule has 0 radical (unpaired) electrons. The molecule has 4 rings (SSSR count). The van der Waals surface area contributed by atoms with Crippen LogP contribution in [0.1, 0.15) is 56.9 Å². The summed E-state index contributed by atoms with van der Waals surface area (Å²) >= 11 is 0. The van der Waals surface area contributed by atoms with Gasteiger partial charge in [-0.1, -0.05) is 6.07 Å². The third-order valence-corrected chi connectivity index (χ3v) is 6.65. The summed E-state index contributed by atoms with van der Waals surface area (Å²) in [4.78, 5) is 15.0. The molecule has 3 aliphatic rings. The van der Waals surface area contributed by atoms with E-state index in [1.807, 2.05) is 6.07 Å². The summed E-state index contributed by atoms with van der Waals surface area (Å²) in [5.41, 5.74) is 1.50. The summed E-state index contributed by atoms with van der Waals surface area (Å²) in [6.45, 7) is 2.90. The second-order valence-corrected chi connectivity index (χ2v) is 8.00. The quantitative estimate of drug-likeness (QED) is 0.834. The van der Waals surface area contributed by atoms with Crippen LogP contribution in [0.3, 0.4) is 0 Å². The maximum atomic E-state index is 14.0. The van der Waals surface area contributed by atoms with Gasteiger partial charge in [0.25, 0.3) is 0 Å². The van der Waals surface area contributed by atoms with E-state index < -0.39 is 0 Å². The van der Waals surface area contributed by atoms with Gasteiger partial charge in [-0.2, -0.15) is 0 Å². The first-order chi connectivity index (χ1) is 11.5. The van der Waals surface area contributed by atoms with E-state index in [1.54, 1.807) is 12.1 Å². The molecule has 1 spiro atoms. The summed E-state index contributed by atoms with van der Waals surface area (Å²) in [6.07, 6.45) is 6.94. The van der Waals surface area contributed by atoms with Gasteiger partial charge in [-0.05, 0) is 68.6 Å². The van der Waals surface area contributed by atoms with Crippen LogP contribution in [0.25, 0.3) is 0 Å². The maximum absolute atomic E-state index is 14.0. The predicted molar refractivity (Wildman–Crippen MR) is 90.5 cm³/mol. The Hall–Kier alpha value is -1.58. The van der Waals surface area contributed by atoms with E-state index in [0.29, 0.717) is 11.3 Å². The van der Waals surface area contributed by atoms with Gasteiger partial charge in [-0.25, -0.2) is 4.39 Å². The van der Waals surface area contributed by atoms with Crippen molar-refractivity contribution in [3.63, 3.8) is 0 Å². The van der Waals surface area contributed by atoms with Gasteiger partial charge >= 0.3 is 0 Å². The minimum atomic E-state index is -0.321. The first-order valence-corrected chi connectivity index (χ1v) is 9.17. The van der Waals surface area contributed by atoms with Crippen LogP contribution in [0, 0.1) is 17.2 Å². The molecule has 24 heavy (non-hydrogen) atoms. The van der Waals surface area contributed by atoms with Crippen molar-refractivity contribution in [2.75, 3.05) is 13.7 Å². The van der Waals surface area contributed by atoms with Gasteiger partial charge in [0.15, 0.2) is 11.6 Å². The molecule has 1 aliphatic heterocycles. The van der Waals surface area contributed by atoms with Crippen molar-refractivity contribution in [2.45, 2.75) is 57.4 Å². The summed E-state index contributed by atoms with van der Waals surface area (Å²) in [6, 6.07) is 5.34. The SMILES string of the molecule is COc1ccc(C2CCN(C(=O)C3CCC4(CC4)C3)C2C)cc1F. The van der Waals surface area contributed by atoms with Crippen molar-refractivity contribution in [1.82, 2.24) is 4.90 Å². The molecule has 1 amide bonds. The first-order valence-electron chi connectivity index (χ1n) is 9.17. The minimum absolute atomic E-state index is 0.140. The number of methoxy groups -OCH3 is 1. The van der Waals surface area contributed by atoms with Gasteiger partial charge in [0.2, 0.25) is 5.91 Å². The molecule has 0 bridgehead atoms. The van der Waals surface area contributed by atoms with E-state index in [9.17, 15) is 9.18 Å². The number of hydrogen-bond donors (Lipinski definition) is 0. The Kier molecular flexibility index (Phi) is 3.81. The van der Waals surface area contributed by atoms with Gasteiger partial charge in [0, 0.05) is 24.4 Å². The van der Waals surface area contributed by atoms with E-state index in [-0.39, 0.29) is 29.4 Å². The minimum Gasteiger partial charge on any atom is -0.494 e. The summed E-state index contributed by atoms with van der Waals surface area (Å²) < 4.78 is 19.0.